The molecule has 0 aliphatic heterocycles. The molecular weight excluding hydrogens is 310 g/mol. The molecule has 0 spiro atoms. The van der Waals surface area contributed by atoms with Gasteiger partial charge in [0.1, 0.15) is 7.05 Å². The van der Waals surface area contributed by atoms with Crippen molar-refractivity contribution in [2.24, 2.45) is 7.05 Å². The van der Waals surface area contributed by atoms with Gasteiger partial charge in [0.05, 0.1) is 14.2 Å². The SMILES string of the molecule is COc1cc2c[n+](C)cc(Cc3ccc(Cl)cc3)c2cc1OC. The third kappa shape index (κ3) is 3.25. The second kappa shape index (κ2) is 6.47. The Balaban J connectivity index is 2.13. The Morgan fingerprint density at radius 1 is 0.957 bits per heavy atom. The lowest BCUT2D eigenvalue weighted by atomic mass is 10.0. The molecule has 3 aromatic rings. The summed E-state index contributed by atoms with van der Waals surface area (Å²) in [5, 5.41) is 3.04. The van der Waals surface area contributed by atoms with Crippen LogP contribution in [0.3, 0.4) is 0 Å². The molecule has 0 aliphatic rings. The van der Waals surface area contributed by atoms with Gasteiger partial charge in [0.25, 0.3) is 0 Å². The van der Waals surface area contributed by atoms with Crippen molar-refractivity contribution in [3.63, 3.8) is 0 Å². The molecule has 1 heterocycles. The van der Waals surface area contributed by atoms with Gasteiger partial charge in [-0.05, 0) is 29.8 Å². The van der Waals surface area contributed by atoms with Crippen LogP contribution >= 0.6 is 11.6 Å². The predicted octanol–water partition coefficient (Wildman–Crippen LogP) is 3.93. The van der Waals surface area contributed by atoms with Crippen molar-refractivity contribution in [3.05, 3.63) is 64.9 Å². The number of ether oxygens (including phenoxy) is 2. The van der Waals surface area contributed by atoms with Crippen molar-refractivity contribution in [1.29, 1.82) is 0 Å². The van der Waals surface area contributed by atoms with Crippen LogP contribution in [0.1, 0.15) is 11.1 Å². The third-order valence-corrected chi connectivity index (χ3v) is 4.16. The van der Waals surface area contributed by atoms with Crippen LogP contribution in [-0.2, 0) is 13.5 Å². The molecule has 2 aromatic carbocycles. The predicted molar refractivity (Wildman–Crippen MR) is 92.5 cm³/mol. The van der Waals surface area contributed by atoms with E-state index in [9.17, 15) is 0 Å². The summed E-state index contributed by atoms with van der Waals surface area (Å²) in [5.41, 5.74) is 2.45. The Morgan fingerprint density at radius 3 is 2.26 bits per heavy atom. The topological polar surface area (TPSA) is 22.3 Å². The molecule has 0 atom stereocenters. The zero-order valence-corrected chi connectivity index (χ0v) is 14.2. The number of hydrogen-bond acceptors (Lipinski definition) is 2. The molecule has 23 heavy (non-hydrogen) atoms. The molecule has 0 saturated carbocycles. The number of fused-ring (bicyclic) bond motifs is 1. The van der Waals surface area contributed by atoms with Gasteiger partial charge in [0.15, 0.2) is 23.9 Å². The van der Waals surface area contributed by atoms with E-state index in [4.69, 9.17) is 21.1 Å². The zero-order chi connectivity index (χ0) is 16.4. The lowest BCUT2D eigenvalue weighted by Gasteiger charge is -2.11. The molecule has 1 aromatic heterocycles. The number of pyridine rings is 1. The van der Waals surface area contributed by atoms with E-state index in [1.54, 1.807) is 14.2 Å². The highest BCUT2D eigenvalue weighted by molar-refractivity contribution is 6.30. The van der Waals surface area contributed by atoms with Crippen molar-refractivity contribution in [2.75, 3.05) is 14.2 Å². The third-order valence-electron chi connectivity index (χ3n) is 3.91. The largest absolute Gasteiger partial charge is 0.493 e. The van der Waals surface area contributed by atoms with E-state index in [-0.39, 0.29) is 0 Å². The number of halogens is 1. The summed E-state index contributed by atoms with van der Waals surface area (Å²) in [6.07, 6.45) is 5.06. The van der Waals surface area contributed by atoms with Gasteiger partial charge in [0.2, 0.25) is 0 Å². The average Bonchev–Trinajstić information content (AvgIpc) is 2.55. The summed E-state index contributed by atoms with van der Waals surface area (Å²) in [4.78, 5) is 0. The van der Waals surface area contributed by atoms with Gasteiger partial charge < -0.3 is 9.47 Å². The van der Waals surface area contributed by atoms with Gasteiger partial charge in [-0.25, -0.2) is 4.57 Å². The number of benzene rings is 2. The van der Waals surface area contributed by atoms with Gasteiger partial charge >= 0.3 is 0 Å². The standard InChI is InChI=1S/C19H19ClNO2/c1-21-11-14(8-13-4-6-16(20)7-5-13)17-10-19(23-3)18(22-2)9-15(17)12-21/h4-7,9-12H,8H2,1-3H3/q+1. The minimum atomic E-state index is 0.739. The number of aryl methyl sites for hydroxylation is 1. The van der Waals surface area contributed by atoms with Crippen molar-refractivity contribution < 1.29 is 14.0 Å². The molecule has 4 heteroatoms. The van der Waals surface area contributed by atoms with Gasteiger partial charge in [-0.2, -0.15) is 0 Å². The fourth-order valence-corrected chi connectivity index (χ4v) is 2.94. The fraction of sp³-hybridized carbons (Fsp3) is 0.211. The Labute approximate surface area is 141 Å². The van der Waals surface area contributed by atoms with Crippen LogP contribution in [0, 0.1) is 0 Å². The van der Waals surface area contributed by atoms with Gasteiger partial charge in [-0.15, -0.1) is 0 Å². The Morgan fingerprint density at radius 2 is 1.61 bits per heavy atom. The molecular formula is C19H19ClNO2+. The number of aromatic nitrogens is 1. The van der Waals surface area contributed by atoms with Crippen molar-refractivity contribution in [3.8, 4) is 11.5 Å². The van der Waals surface area contributed by atoms with E-state index < -0.39 is 0 Å². The summed E-state index contributed by atoms with van der Waals surface area (Å²) in [5.74, 6) is 1.48. The lowest BCUT2D eigenvalue weighted by molar-refractivity contribution is -0.670. The number of hydrogen-bond donors (Lipinski definition) is 0. The normalized spacial score (nSPS) is 10.8. The maximum atomic E-state index is 5.97. The molecule has 0 bridgehead atoms. The molecule has 0 aliphatic carbocycles. The summed E-state index contributed by atoms with van der Waals surface area (Å²) in [7, 11) is 5.34. The quantitative estimate of drug-likeness (QED) is 0.677. The van der Waals surface area contributed by atoms with Gasteiger partial charge in [0, 0.05) is 27.8 Å². The molecule has 3 nitrogen and oxygen atoms in total. The van der Waals surface area contributed by atoms with Crippen LogP contribution in [0.4, 0.5) is 0 Å². The van der Waals surface area contributed by atoms with Crippen LogP contribution in [-0.4, -0.2) is 14.2 Å². The second-order valence-electron chi connectivity index (χ2n) is 5.55. The van der Waals surface area contributed by atoms with E-state index >= 15 is 0 Å². The highest BCUT2D eigenvalue weighted by Crippen LogP contribution is 2.33. The van der Waals surface area contributed by atoms with E-state index in [2.05, 4.69) is 29.1 Å². The van der Waals surface area contributed by atoms with Gasteiger partial charge in [-0.1, -0.05) is 23.7 Å². The van der Waals surface area contributed by atoms with Gasteiger partial charge in [-0.3, -0.25) is 0 Å². The summed E-state index contributed by atoms with van der Waals surface area (Å²) in [6, 6.07) is 12.0. The molecule has 3 rings (SSSR count). The second-order valence-corrected chi connectivity index (χ2v) is 5.98. The first-order chi connectivity index (χ1) is 11.1. The maximum absolute atomic E-state index is 5.97. The highest BCUT2D eigenvalue weighted by Gasteiger charge is 2.13. The number of rotatable bonds is 4. The lowest BCUT2D eigenvalue weighted by Crippen LogP contribution is -2.27. The summed E-state index contributed by atoms with van der Waals surface area (Å²) < 4.78 is 12.9. The van der Waals surface area contributed by atoms with Crippen LogP contribution in [0.2, 0.25) is 5.02 Å². The van der Waals surface area contributed by atoms with Crippen LogP contribution in [0.5, 0.6) is 11.5 Å². The van der Waals surface area contributed by atoms with Crippen LogP contribution in [0.15, 0.2) is 48.8 Å². The molecule has 0 N–H and O–H groups in total. The number of methoxy groups -OCH3 is 2. The molecule has 0 fully saturated rings. The van der Waals surface area contributed by atoms with Crippen molar-refractivity contribution in [2.45, 2.75) is 6.42 Å². The van der Waals surface area contributed by atoms with E-state index in [0.29, 0.717) is 0 Å². The Bertz CT molecular complexity index is 844. The molecule has 0 saturated heterocycles. The zero-order valence-electron chi connectivity index (χ0n) is 13.5. The first-order valence-electron chi connectivity index (χ1n) is 7.39. The maximum Gasteiger partial charge on any atom is 0.176 e. The summed E-state index contributed by atoms with van der Waals surface area (Å²) in [6.45, 7) is 0. The van der Waals surface area contributed by atoms with Crippen LogP contribution < -0.4 is 14.0 Å². The molecule has 0 amide bonds. The van der Waals surface area contributed by atoms with Crippen molar-refractivity contribution >= 4 is 22.4 Å². The minimum absolute atomic E-state index is 0.739. The van der Waals surface area contributed by atoms with E-state index in [0.717, 1.165) is 33.7 Å². The first kappa shape index (κ1) is 15.6. The first-order valence-corrected chi connectivity index (χ1v) is 7.77. The van der Waals surface area contributed by atoms with E-state index in [1.807, 2.05) is 31.3 Å². The number of nitrogens with zero attached hydrogens (tertiary/aromatic N) is 1. The molecule has 0 unspecified atom stereocenters. The fourth-order valence-electron chi connectivity index (χ4n) is 2.81. The summed E-state index contributed by atoms with van der Waals surface area (Å²) >= 11 is 5.97. The molecule has 0 radical (unpaired) electrons. The Hall–Kier alpha value is -2.26. The Kier molecular flexibility index (Phi) is 4.39. The smallest absolute Gasteiger partial charge is 0.176 e. The minimum Gasteiger partial charge on any atom is -0.493 e. The van der Waals surface area contributed by atoms with E-state index in [1.165, 1.54) is 11.1 Å². The monoisotopic (exact) mass is 328 g/mol. The van der Waals surface area contributed by atoms with Crippen molar-refractivity contribution in [1.82, 2.24) is 0 Å². The molecule has 118 valence electrons. The van der Waals surface area contributed by atoms with Crippen LogP contribution in [0.25, 0.3) is 10.8 Å². The average molecular weight is 329 g/mol. The highest BCUT2D eigenvalue weighted by atomic mass is 35.5.